The van der Waals surface area contributed by atoms with Crippen molar-refractivity contribution >= 4 is 17.7 Å². The van der Waals surface area contributed by atoms with Crippen molar-refractivity contribution in [3.63, 3.8) is 0 Å². The second kappa shape index (κ2) is 6.39. The average molecular weight is 252 g/mol. The number of rotatable bonds is 7. The molecule has 1 unspecified atom stereocenters. The van der Waals surface area contributed by atoms with Crippen molar-refractivity contribution in [1.29, 1.82) is 0 Å². The molecule has 0 aliphatic carbocycles. The molecule has 0 aliphatic heterocycles. The summed E-state index contributed by atoms with van der Waals surface area (Å²) in [5.41, 5.74) is 0. The number of ether oxygens (including phenoxy) is 1. The number of para-hydroxylation sites is 1. The molecular formula is C12H12O6. The third-order valence-corrected chi connectivity index (χ3v) is 2.24. The maximum atomic E-state index is 11.1. The summed E-state index contributed by atoms with van der Waals surface area (Å²) in [5.74, 6) is -5.59. The summed E-state index contributed by atoms with van der Waals surface area (Å²) >= 11 is 0. The van der Waals surface area contributed by atoms with Gasteiger partial charge in [0, 0.05) is 6.42 Å². The minimum absolute atomic E-state index is 0.0417. The smallest absolute Gasteiger partial charge is 0.373 e. The molecule has 0 fully saturated rings. The van der Waals surface area contributed by atoms with Crippen LogP contribution < -0.4 is 4.74 Å². The number of carboxylic acids is 2. The van der Waals surface area contributed by atoms with Gasteiger partial charge in [0.05, 0.1) is 6.61 Å². The zero-order valence-electron chi connectivity index (χ0n) is 9.41. The second-order valence-corrected chi connectivity index (χ2v) is 3.51. The summed E-state index contributed by atoms with van der Waals surface area (Å²) in [7, 11) is 0. The maximum absolute atomic E-state index is 11.1. The molecule has 0 spiro atoms. The molecule has 0 radical (unpaired) electrons. The lowest BCUT2D eigenvalue weighted by molar-refractivity contribution is -0.157. The maximum Gasteiger partial charge on any atom is 0.373 e. The van der Waals surface area contributed by atoms with Crippen molar-refractivity contribution in [1.82, 2.24) is 0 Å². The minimum Gasteiger partial charge on any atom is -0.494 e. The fourth-order valence-corrected chi connectivity index (χ4v) is 1.33. The van der Waals surface area contributed by atoms with E-state index in [0.717, 1.165) is 0 Å². The van der Waals surface area contributed by atoms with Crippen LogP contribution in [0.15, 0.2) is 30.3 Å². The Morgan fingerprint density at radius 3 is 2.22 bits per heavy atom. The van der Waals surface area contributed by atoms with Gasteiger partial charge in [-0.05, 0) is 12.1 Å². The molecular weight excluding hydrogens is 240 g/mol. The summed E-state index contributed by atoms with van der Waals surface area (Å²) in [6.07, 6.45) is -0.185. The number of hydrogen-bond donors (Lipinski definition) is 2. The Balaban J connectivity index is 2.51. The zero-order valence-corrected chi connectivity index (χ0v) is 9.41. The van der Waals surface area contributed by atoms with Gasteiger partial charge in [-0.1, -0.05) is 18.2 Å². The highest BCUT2D eigenvalue weighted by Crippen LogP contribution is 2.11. The number of hydrogen-bond acceptors (Lipinski definition) is 4. The van der Waals surface area contributed by atoms with E-state index in [1.165, 1.54) is 0 Å². The van der Waals surface area contributed by atoms with Crippen LogP contribution in [-0.4, -0.2) is 34.5 Å². The van der Waals surface area contributed by atoms with E-state index in [2.05, 4.69) is 0 Å². The average Bonchev–Trinajstić information content (AvgIpc) is 2.34. The molecule has 0 saturated carbocycles. The first-order valence-corrected chi connectivity index (χ1v) is 5.20. The van der Waals surface area contributed by atoms with Crippen molar-refractivity contribution < 1.29 is 29.3 Å². The van der Waals surface area contributed by atoms with Crippen LogP contribution in [0, 0.1) is 5.92 Å². The fraction of sp³-hybridized carbons (Fsp3) is 0.250. The first-order valence-electron chi connectivity index (χ1n) is 5.20. The molecule has 6 nitrogen and oxygen atoms in total. The monoisotopic (exact) mass is 252 g/mol. The fourth-order valence-electron chi connectivity index (χ4n) is 1.33. The summed E-state index contributed by atoms with van der Waals surface area (Å²) in [6, 6.07) is 8.63. The molecule has 0 bridgehead atoms. The van der Waals surface area contributed by atoms with Crippen LogP contribution in [0.5, 0.6) is 5.75 Å². The van der Waals surface area contributed by atoms with Crippen molar-refractivity contribution in [2.24, 2.45) is 5.92 Å². The van der Waals surface area contributed by atoms with Crippen LogP contribution in [0.3, 0.4) is 0 Å². The van der Waals surface area contributed by atoms with Crippen LogP contribution >= 0.6 is 0 Å². The standard InChI is InChI=1S/C12H12O6/c13-10(12(16)17)9(11(14)15)6-7-18-8-4-2-1-3-5-8/h1-5,9H,6-7H2,(H,14,15)(H,16,17). The van der Waals surface area contributed by atoms with Crippen LogP contribution in [0.25, 0.3) is 0 Å². The van der Waals surface area contributed by atoms with E-state index in [9.17, 15) is 14.4 Å². The summed E-state index contributed by atoms with van der Waals surface area (Å²) in [5, 5.41) is 17.2. The first kappa shape index (κ1) is 13.7. The van der Waals surface area contributed by atoms with E-state index in [-0.39, 0.29) is 13.0 Å². The third-order valence-electron chi connectivity index (χ3n) is 2.24. The van der Waals surface area contributed by atoms with E-state index in [1.807, 2.05) is 0 Å². The lowest BCUT2D eigenvalue weighted by atomic mass is 10.0. The van der Waals surface area contributed by atoms with Crippen molar-refractivity contribution in [3.8, 4) is 5.75 Å². The summed E-state index contributed by atoms with van der Waals surface area (Å²) in [4.78, 5) is 32.3. The Labute approximate surface area is 103 Å². The van der Waals surface area contributed by atoms with E-state index >= 15 is 0 Å². The Hall–Kier alpha value is -2.37. The Morgan fingerprint density at radius 2 is 1.72 bits per heavy atom. The minimum atomic E-state index is -1.75. The molecule has 0 amide bonds. The van der Waals surface area contributed by atoms with Crippen LogP contribution in [0.2, 0.25) is 0 Å². The van der Waals surface area contributed by atoms with Crippen molar-refractivity contribution in [3.05, 3.63) is 30.3 Å². The molecule has 96 valence electrons. The second-order valence-electron chi connectivity index (χ2n) is 3.51. The predicted octanol–water partition coefficient (Wildman–Crippen LogP) is 0.810. The molecule has 0 aromatic heterocycles. The Bertz CT molecular complexity index is 439. The Morgan fingerprint density at radius 1 is 1.11 bits per heavy atom. The number of ketones is 1. The lowest BCUT2D eigenvalue weighted by Gasteiger charge is -2.10. The summed E-state index contributed by atoms with van der Waals surface area (Å²) < 4.78 is 5.21. The molecule has 1 aromatic rings. The molecule has 1 aromatic carbocycles. The van der Waals surface area contributed by atoms with Gasteiger partial charge < -0.3 is 14.9 Å². The quantitative estimate of drug-likeness (QED) is 0.550. The van der Waals surface area contributed by atoms with Crippen molar-refractivity contribution in [2.75, 3.05) is 6.61 Å². The zero-order chi connectivity index (χ0) is 13.5. The van der Waals surface area contributed by atoms with E-state index in [0.29, 0.717) is 5.75 Å². The number of aliphatic carboxylic acids is 2. The van der Waals surface area contributed by atoms with Gasteiger partial charge in [0.2, 0.25) is 0 Å². The predicted molar refractivity (Wildman–Crippen MR) is 60.3 cm³/mol. The number of Topliss-reactive ketones (excluding diaryl/α,β-unsaturated/α-hetero) is 1. The van der Waals surface area contributed by atoms with Gasteiger partial charge in [-0.2, -0.15) is 0 Å². The van der Waals surface area contributed by atoms with Crippen LogP contribution in [-0.2, 0) is 14.4 Å². The highest BCUT2D eigenvalue weighted by atomic mass is 16.5. The van der Waals surface area contributed by atoms with Gasteiger partial charge in [-0.15, -0.1) is 0 Å². The molecule has 6 heteroatoms. The number of benzene rings is 1. The van der Waals surface area contributed by atoms with Crippen LogP contribution in [0.1, 0.15) is 6.42 Å². The molecule has 0 aliphatic rings. The molecule has 0 heterocycles. The van der Waals surface area contributed by atoms with Gasteiger partial charge in [0.15, 0.2) is 0 Å². The number of carbonyl (C=O) groups is 3. The topological polar surface area (TPSA) is 101 Å². The van der Waals surface area contributed by atoms with E-state index in [1.54, 1.807) is 30.3 Å². The molecule has 1 rings (SSSR count). The largest absolute Gasteiger partial charge is 0.494 e. The first-order chi connectivity index (χ1) is 8.52. The molecule has 2 N–H and O–H groups in total. The number of carboxylic acid groups (broad SMARTS) is 2. The van der Waals surface area contributed by atoms with Gasteiger partial charge in [0.25, 0.3) is 5.78 Å². The third kappa shape index (κ3) is 3.89. The van der Waals surface area contributed by atoms with Gasteiger partial charge in [-0.25, -0.2) is 4.79 Å². The number of carbonyl (C=O) groups excluding carboxylic acids is 1. The highest BCUT2D eigenvalue weighted by Gasteiger charge is 2.31. The van der Waals surface area contributed by atoms with E-state index in [4.69, 9.17) is 14.9 Å². The summed E-state index contributed by atoms with van der Waals surface area (Å²) in [6.45, 7) is -0.0417. The van der Waals surface area contributed by atoms with Gasteiger partial charge >= 0.3 is 11.9 Å². The molecule has 18 heavy (non-hydrogen) atoms. The molecule has 0 saturated heterocycles. The highest BCUT2D eigenvalue weighted by molar-refractivity contribution is 6.36. The lowest BCUT2D eigenvalue weighted by Crippen LogP contribution is -2.31. The van der Waals surface area contributed by atoms with Crippen molar-refractivity contribution in [2.45, 2.75) is 6.42 Å². The normalized spacial score (nSPS) is 11.6. The van der Waals surface area contributed by atoms with Gasteiger partial charge in [-0.3, -0.25) is 9.59 Å². The van der Waals surface area contributed by atoms with Gasteiger partial charge in [0.1, 0.15) is 11.7 Å². The van der Waals surface area contributed by atoms with Crippen LogP contribution in [0.4, 0.5) is 0 Å². The molecule has 1 atom stereocenters. The van der Waals surface area contributed by atoms with E-state index < -0.39 is 23.6 Å². The Kier molecular flexibility index (Phi) is 4.86. The SMILES string of the molecule is O=C(O)C(=O)C(CCOc1ccccc1)C(=O)O.